The predicted octanol–water partition coefficient (Wildman–Crippen LogP) is 4.37. The normalized spacial score (nSPS) is 10.7. The molecule has 0 amide bonds. The lowest BCUT2D eigenvalue weighted by Gasteiger charge is -2.13. The Morgan fingerprint density at radius 1 is 1.04 bits per heavy atom. The van der Waals surface area contributed by atoms with Gasteiger partial charge >= 0.3 is 0 Å². The molecule has 0 aliphatic carbocycles. The summed E-state index contributed by atoms with van der Waals surface area (Å²) < 4.78 is 21.1. The van der Waals surface area contributed by atoms with Gasteiger partial charge in [0.15, 0.2) is 28.8 Å². The molecule has 0 aliphatic heterocycles. The van der Waals surface area contributed by atoms with Crippen molar-refractivity contribution in [3.05, 3.63) is 46.5 Å². The molecule has 0 spiro atoms. The number of hydrogen-bond acceptors (Lipinski definition) is 6. The fraction of sp³-hybridized carbons (Fsp3) is 0.250. The van der Waals surface area contributed by atoms with Crippen molar-refractivity contribution in [3.63, 3.8) is 0 Å². The van der Waals surface area contributed by atoms with Gasteiger partial charge in [0, 0.05) is 5.56 Å². The zero-order valence-corrected chi connectivity index (χ0v) is 16.3. The zero-order valence-electron chi connectivity index (χ0n) is 15.5. The highest BCUT2D eigenvalue weighted by Gasteiger charge is 2.16. The van der Waals surface area contributed by atoms with Crippen LogP contribution in [0, 0.1) is 0 Å². The van der Waals surface area contributed by atoms with Crippen LogP contribution >= 0.6 is 11.6 Å². The number of rotatable bonds is 8. The van der Waals surface area contributed by atoms with Crippen LogP contribution in [0.2, 0.25) is 5.02 Å². The molecule has 6 nitrogen and oxygen atoms in total. The van der Waals surface area contributed by atoms with Gasteiger partial charge in [-0.25, -0.2) is 0 Å². The van der Waals surface area contributed by atoms with Crippen molar-refractivity contribution in [2.75, 3.05) is 27.9 Å². The predicted molar refractivity (Wildman–Crippen MR) is 104 cm³/mol. The van der Waals surface area contributed by atoms with Crippen LogP contribution in [0.3, 0.4) is 0 Å². The summed E-state index contributed by atoms with van der Waals surface area (Å²) in [5, 5.41) is 10.0. The second kappa shape index (κ2) is 9.19. The molecule has 0 saturated carbocycles. The smallest absolute Gasteiger partial charge is 0.203 e. The summed E-state index contributed by atoms with van der Waals surface area (Å²) in [6.07, 6.45) is 2.97. The van der Waals surface area contributed by atoms with E-state index in [1.807, 2.05) is 0 Å². The number of benzene rings is 2. The molecule has 144 valence electrons. The van der Waals surface area contributed by atoms with Gasteiger partial charge in [-0.05, 0) is 42.8 Å². The number of allylic oxidation sites excluding steroid dienone is 1. The van der Waals surface area contributed by atoms with Crippen LogP contribution in [0.4, 0.5) is 0 Å². The van der Waals surface area contributed by atoms with E-state index in [0.29, 0.717) is 35.0 Å². The molecule has 2 rings (SSSR count). The fourth-order valence-electron chi connectivity index (χ4n) is 2.45. The van der Waals surface area contributed by atoms with Crippen LogP contribution in [-0.4, -0.2) is 38.8 Å². The van der Waals surface area contributed by atoms with E-state index in [9.17, 15) is 9.90 Å². The van der Waals surface area contributed by atoms with Gasteiger partial charge in [0.25, 0.3) is 0 Å². The van der Waals surface area contributed by atoms with Crippen LogP contribution < -0.4 is 18.9 Å². The van der Waals surface area contributed by atoms with Gasteiger partial charge in [-0.1, -0.05) is 17.7 Å². The summed E-state index contributed by atoms with van der Waals surface area (Å²) in [6, 6.07) is 6.29. The van der Waals surface area contributed by atoms with Gasteiger partial charge in [-0.3, -0.25) is 4.79 Å². The Labute approximate surface area is 162 Å². The van der Waals surface area contributed by atoms with Crippen molar-refractivity contribution in [2.24, 2.45) is 0 Å². The van der Waals surface area contributed by atoms with Crippen LogP contribution in [-0.2, 0) is 0 Å². The fourth-order valence-corrected chi connectivity index (χ4v) is 2.67. The summed E-state index contributed by atoms with van der Waals surface area (Å²) in [5.41, 5.74) is 0.984. The lowest BCUT2D eigenvalue weighted by atomic mass is 10.1. The molecular weight excluding hydrogens is 372 g/mol. The molecule has 0 heterocycles. The molecule has 0 unspecified atom stereocenters. The minimum Gasteiger partial charge on any atom is -0.503 e. The third-order valence-electron chi connectivity index (χ3n) is 3.73. The van der Waals surface area contributed by atoms with Crippen molar-refractivity contribution in [3.8, 4) is 28.7 Å². The molecule has 1 N–H and O–H groups in total. The zero-order chi connectivity index (χ0) is 20.0. The van der Waals surface area contributed by atoms with Gasteiger partial charge in [0.1, 0.15) is 0 Å². The minimum atomic E-state index is -0.267. The number of ether oxygens (including phenoxy) is 4. The minimum absolute atomic E-state index is 0.133. The van der Waals surface area contributed by atoms with Crippen LogP contribution in [0.1, 0.15) is 22.8 Å². The van der Waals surface area contributed by atoms with Crippen molar-refractivity contribution < 1.29 is 28.8 Å². The molecule has 0 fully saturated rings. The number of carbonyl (C=O) groups excluding carboxylic acids is 1. The van der Waals surface area contributed by atoms with Gasteiger partial charge in [-0.15, -0.1) is 0 Å². The van der Waals surface area contributed by atoms with Crippen molar-refractivity contribution >= 4 is 23.5 Å². The van der Waals surface area contributed by atoms with Crippen LogP contribution in [0.5, 0.6) is 28.7 Å². The van der Waals surface area contributed by atoms with E-state index in [4.69, 9.17) is 30.5 Å². The largest absolute Gasteiger partial charge is 0.503 e. The van der Waals surface area contributed by atoms with E-state index in [0.717, 1.165) is 0 Å². The maximum atomic E-state index is 12.6. The Hall–Kier alpha value is -2.86. The van der Waals surface area contributed by atoms with Crippen LogP contribution in [0.25, 0.3) is 6.08 Å². The molecule has 0 bridgehead atoms. The first-order chi connectivity index (χ1) is 12.9. The molecule has 7 heteroatoms. The summed E-state index contributed by atoms with van der Waals surface area (Å²) in [4.78, 5) is 12.6. The Morgan fingerprint density at radius 2 is 1.67 bits per heavy atom. The molecule has 0 saturated heterocycles. The van der Waals surface area contributed by atoms with E-state index in [2.05, 4.69) is 0 Å². The van der Waals surface area contributed by atoms with E-state index in [-0.39, 0.29) is 22.3 Å². The molecule has 0 atom stereocenters. The molecule has 27 heavy (non-hydrogen) atoms. The second-order valence-corrected chi connectivity index (χ2v) is 5.80. The summed E-state index contributed by atoms with van der Waals surface area (Å²) in [6.45, 7) is 2.17. The summed E-state index contributed by atoms with van der Waals surface area (Å²) >= 11 is 6.00. The number of phenolic OH excluding ortho intramolecular Hbond substituents is 1. The van der Waals surface area contributed by atoms with E-state index in [1.165, 1.54) is 27.4 Å². The topological polar surface area (TPSA) is 74.2 Å². The first-order valence-corrected chi connectivity index (χ1v) is 8.50. The number of halogens is 1. The number of hydrogen-bond donors (Lipinski definition) is 1. The molecule has 0 radical (unpaired) electrons. The standard InChI is InChI=1S/C20H21ClO6/c1-5-27-16-9-12(8-14(21)19(16)23)6-7-15(22)13-10-17(24-2)20(26-4)18(11-13)25-3/h6-11,23H,5H2,1-4H3. The Balaban J connectivity index is 2.34. The highest BCUT2D eigenvalue weighted by molar-refractivity contribution is 6.32. The molecule has 0 aromatic heterocycles. The highest BCUT2D eigenvalue weighted by Crippen LogP contribution is 2.38. The first kappa shape index (κ1) is 20.5. The summed E-state index contributed by atoms with van der Waals surface area (Å²) in [7, 11) is 4.45. The molecule has 2 aromatic carbocycles. The summed E-state index contributed by atoms with van der Waals surface area (Å²) in [5.74, 6) is 1.04. The lowest BCUT2D eigenvalue weighted by Crippen LogP contribution is -2.00. The number of phenols is 1. The van der Waals surface area contributed by atoms with Gasteiger partial charge in [0.05, 0.1) is 33.0 Å². The van der Waals surface area contributed by atoms with Crippen molar-refractivity contribution in [2.45, 2.75) is 6.92 Å². The number of methoxy groups -OCH3 is 3. The van der Waals surface area contributed by atoms with Gasteiger partial charge < -0.3 is 24.1 Å². The number of carbonyl (C=O) groups is 1. The number of aromatic hydroxyl groups is 1. The maximum absolute atomic E-state index is 12.6. The quantitative estimate of drug-likeness (QED) is 0.531. The van der Waals surface area contributed by atoms with Gasteiger partial charge in [0.2, 0.25) is 5.75 Å². The maximum Gasteiger partial charge on any atom is 0.203 e. The molecule has 0 aliphatic rings. The van der Waals surface area contributed by atoms with E-state index >= 15 is 0 Å². The van der Waals surface area contributed by atoms with E-state index < -0.39 is 0 Å². The van der Waals surface area contributed by atoms with Crippen molar-refractivity contribution in [1.82, 2.24) is 0 Å². The van der Waals surface area contributed by atoms with Gasteiger partial charge in [-0.2, -0.15) is 0 Å². The second-order valence-electron chi connectivity index (χ2n) is 5.39. The van der Waals surface area contributed by atoms with Crippen molar-refractivity contribution in [1.29, 1.82) is 0 Å². The first-order valence-electron chi connectivity index (χ1n) is 8.12. The Kier molecular flexibility index (Phi) is 6.96. The van der Waals surface area contributed by atoms with E-state index in [1.54, 1.807) is 37.3 Å². The highest BCUT2D eigenvalue weighted by atomic mass is 35.5. The van der Waals surface area contributed by atoms with Crippen LogP contribution in [0.15, 0.2) is 30.3 Å². The number of ketones is 1. The third-order valence-corrected chi connectivity index (χ3v) is 4.02. The molecule has 2 aromatic rings. The third kappa shape index (κ3) is 4.65. The average molecular weight is 393 g/mol. The SMILES string of the molecule is CCOc1cc(C=CC(=O)c2cc(OC)c(OC)c(OC)c2)cc(Cl)c1O. The Morgan fingerprint density at radius 3 is 2.19 bits per heavy atom. The monoisotopic (exact) mass is 392 g/mol. The Bertz CT molecular complexity index is 835. The average Bonchev–Trinajstić information content (AvgIpc) is 2.68. The lowest BCUT2D eigenvalue weighted by molar-refractivity contribution is 0.104. The molecular formula is C20H21ClO6.